The molecule has 0 bridgehead atoms. The van der Waals surface area contributed by atoms with E-state index in [2.05, 4.69) is 10.0 Å². The van der Waals surface area contributed by atoms with Crippen LogP contribution in [0.5, 0.6) is 0 Å². The van der Waals surface area contributed by atoms with Crippen LogP contribution in [0.3, 0.4) is 0 Å². The molecule has 0 spiro atoms. The van der Waals surface area contributed by atoms with Crippen LogP contribution < -0.4 is 10.0 Å². The van der Waals surface area contributed by atoms with E-state index in [1.165, 1.54) is 35.5 Å². The molecule has 0 aliphatic rings. The minimum absolute atomic E-state index is 0.00768. The zero-order valence-corrected chi connectivity index (χ0v) is 17.3. The van der Waals surface area contributed by atoms with Gasteiger partial charge in [-0.15, -0.1) is 0 Å². The molecular weight excluding hydrogens is 402 g/mol. The highest BCUT2D eigenvalue weighted by Crippen LogP contribution is 2.14. The molecule has 0 aliphatic carbocycles. The van der Waals surface area contributed by atoms with Crippen LogP contribution in [0, 0.1) is 0 Å². The number of nitrogens with zero attached hydrogens (tertiary/aromatic N) is 1. The number of amides is 1. The lowest BCUT2D eigenvalue weighted by Crippen LogP contribution is -2.45. The number of hydrogen-bond acceptors (Lipinski definition) is 5. The van der Waals surface area contributed by atoms with Crippen LogP contribution in [0.4, 0.5) is 0 Å². The van der Waals surface area contributed by atoms with Gasteiger partial charge >= 0.3 is 0 Å². The third-order valence-electron chi connectivity index (χ3n) is 3.55. The van der Waals surface area contributed by atoms with Crippen molar-refractivity contribution in [3.63, 3.8) is 0 Å². The fourth-order valence-electron chi connectivity index (χ4n) is 2.15. The molecule has 0 radical (unpaired) electrons. The van der Waals surface area contributed by atoms with Gasteiger partial charge in [-0.3, -0.25) is 4.79 Å². The minimum Gasteiger partial charge on any atom is -0.355 e. The maximum Gasteiger partial charge on any atom is 0.241 e. The van der Waals surface area contributed by atoms with Gasteiger partial charge in [-0.25, -0.2) is 21.1 Å². The lowest BCUT2D eigenvalue weighted by molar-refractivity contribution is -0.122. The molecule has 1 aromatic rings. The Balaban J connectivity index is 2.51. The van der Waals surface area contributed by atoms with E-state index in [1.54, 1.807) is 6.92 Å². The van der Waals surface area contributed by atoms with Crippen LogP contribution in [0.2, 0.25) is 5.02 Å². The Bertz CT molecular complexity index is 810. The van der Waals surface area contributed by atoms with Gasteiger partial charge in [0, 0.05) is 24.7 Å². The van der Waals surface area contributed by atoms with Gasteiger partial charge in [-0.05, 0) is 37.6 Å². The summed E-state index contributed by atoms with van der Waals surface area (Å²) < 4.78 is 51.0. The van der Waals surface area contributed by atoms with Crippen molar-refractivity contribution < 1.29 is 21.6 Å². The van der Waals surface area contributed by atoms with Gasteiger partial charge in [-0.2, -0.15) is 4.72 Å². The van der Waals surface area contributed by atoms with Gasteiger partial charge in [0.2, 0.25) is 26.0 Å². The van der Waals surface area contributed by atoms with Crippen LogP contribution in [0.15, 0.2) is 29.2 Å². The van der Waals surface area contributed by atoms with Gasteiger partial charge < -0.3 is 5.32 Å². The Labute approximate surface area is 160 Å². The van der Waals surface area contributed by atoms with E-state index in [4.69, 9.17) is 11.6 Å². The zero-order chi connectivity index (χ0) is 20.0. The van der Waals surface area contributed by atoms with Crippen molar-refractivity contribution in [1.82, 2.24) is 14.3 Å². The zero-order valence-electron chi connectivity index (χ0n) is 14.9. The van der Waals surface area contributed by atoms with E-state index < -0.39 is 32.0 Å². The highest BCUT2D eigenvalue weighted by atomic mass is 35.5. The molecule has 0 saturated heterocycles. The Morgan fingerprint density at radius 3 is 2.27 bits per heavy atom. The Morgan fingerprint density at radius 2 is 1.77 bits per heavy atom. The molecule has 0 heterocycles. The Kier molecular flexibility index (Phi) is 8.48. The second-order valence-electron chi connectivity index (χ2n) is 5.70. The van der Waals surface area contributed by atoms with Gasteiger partial charge in [0.25, 0.3) is 0 Å². The molecule has 0 unspecified atom stereocenters. The lowest BCUT2D eigenvalue weighted by Gasteiger charge is -2.18. The molecule has 1 aromatic carbocycles. The summed E-state index contributed by atoms with van der Waals surface area (Å²) in [6, 6.07) is 4.61. The first-order chi connectivity index (χ1) is 12.0. The molecule has 2 N–H and O–H groups in total. The van der Waals surface area contributed by atoms with Crippen molar-refractivity contribution in [2.45, 2.75) is 31.2 Å². The number of carbonyl (C=O) groups is 1. The van der Waals surface area contributed by atoms with Crippen molar-refractivity contribution in [3.05, 3.63) is 29.3 Å². The Hall–Kier alpha value is -1.20. The molecule has 26 heavy (non-hydrogen) atoms. The summed E-state index contributed by atoms with van der Waals surface area (Å²) in [5.41, 5.74) is 0. The smallest absolute Gasteiger partial charge is 0.241 e. The summed E-state index contributed by atoms with van der Waals surface area (Å²) in [6.07, 6.45) is 1.55. The average molecular weight is 426 g/mol. The van der Waals surface area contributed by atoms with Crippen LogP contribution in [-0.2, 0) is 24.8 Å². The van der Waals surface area contributed by atoms with Crippen LogP contribution in [0.1, 0.15) is 20.3 Å². The molecule has 11 heteroatoms. The number of rotatable bonds is 10. The summed E-state index contributed by atoms with van der Waals surface area (Å²) in [7, 11) is -7.12. The van der Waals surface area contributed by atoms with Gasteiger partial charge in [-0.1, -0.05) is 18.5 Å². The van der Waals surface area contributed by atoms with Crippen molar-refractivity contribution in [2.75, 3.05) is 25.9 Å². The van der Waals surface area contributed by atoms with E-state index in [0.717, 1.165) is 6.26 Å². The van der Waals surface area contributed by atoms with Crippen molar-refractivity contribution in [1.29, 1.82) is 0 Å². The van der Waals surface area contributed by atoms with Crippen LogP contribution in [-0.4, -0.2) is 59.0 Å². The van der Waals surface area contributed by atoms with E-state index in [1.807, 2.05) is 0 Å². The van der Waals surface area contributed by atoms with Crippen LogP contribution >= 0.6 is 11.6 Å². The average Bonchev–Trinajstić information content (AvgIpc) is 2.53. The van der Waals surface area contributed by atoms with Crippen molar-refractivity contribution in [2.24, 2.45) is 0 Å². The normalized spacial score (nSPS) is 13.6. The summed E-state index contributed by atoms with van der Waals surface area (Å²) in [4.78, 5) is 12.0. The first kappa shape index (κ1) is 22.8. The fourth-order valence-corrected chi connectivity index (χ4v) is 4.41. The van der Waals surface area contributed by atoms with E-state index >= 15 is 0 Å². The molecule has 0 saturated carbocycles. The molecule has 0 aliphatic heterocycles. The monoisotopic (exact) mass is 425 g/mol. The minimum atomic E-state index is -3.85. The predicted octanol–water partition coefficient (Wildman–Crippen LogP) is 0.795. The molecular formula is C15H24ClN3O5S2. The highest BCUT2D eigenvalue weighted by molar-refractivity contribution is 7.89. The van der Waals surface area contributed by atoms with Gasteiger partial charge in [0.15, 0.2) is 0 Å². The SMILES string of the molecule is CCN(CCCNC(=O)[C@H](C)NS(=O)(=O)c1ccc(Cl)cc1)S(C)(=O)=O. The predicted molar refractivity (Wildman–Crippen MR) is 101 cm³/mol. The number of halogens is 1. The molecule has 1 rings (SSSR count). The molecule has 0 aromatic heterocycles. The number of sulfonamides is 2. The van der Waals surface area contributed by atoms with E-state index in [9.17, 15) is 21.6 Å². The second-order valence-corrected chi connectivity index (χ2v) is 9.83. The molecule has 1 amide bonds. The number of hydrogen-bond donors (Lipinski definition) is 2. The Morgan fingerprint density at radius 1 is 1.19 bits per heavy atom. The van der Waals surface area contributed by atoms with E-state index in [-0.39, 0.29) is 18.0 Å². The largest absolute Gasteiger partial charge is 0.355 e. The highest BCUT2D eigenvalue weighted by Gasteiger charge is 2.22. The first-order valence-corrected chi connectivity index (χ1v) is 11.7. The maximum absolute atomic E-state index is 12.2. The molecule has 8 nitrogen and oxygen atoms in total. The summed E-state index contributed by atoms with van der Waals surface area (Å²) in [5.74, 6) is -0.495. The second kappa shape index (κ2) is 9.65. The maximum atomic E-state index is 12.2. The summed E-state index contributed by atoms with van der Waals surface area (Å²) in [6.45, 7) is 4.02. The number of benzene rings is 1. The quantitative estimate of drug-likeness (QED) is 0.538. The summed E-state index contributed by atoms with van der Waals surface area (Å²) >= 11 is 5.73. The fraction of sp³-hybridized carbons (Fsp3) is 0.533. The van der Waals surface area contributed by atoms with Crippen molar-refractivity contribution >= 4 is 37.6 Å². The van der Waals surface area contributed by atoms with Gasteiger partial charge in [0.05, 0.1) is 17.2 Å². The summed E-state index contributed by atoms with van der Waals surface area (Å²) in [5, 5.41) is 3.00. The topological polar surface area (TPSA) is 113 Å². The number of nitrogens with one attached hydrogen (secondary N) is 2. The third-order valence-corrected chi connectivity index (χ3v) is 6.74. The van der Waals surface area contributed by atoms with Crippen molar-refractivity contribution in [3.8, 4) is 0 Å². The molecule has 0 fully saturated rings. The molecule has 1 atom stereocenters. The van der Waals surface area contributed by atoms with Crippen LogP contribution in [0.25, 0.3) is 0 Å². The third kappa shape index (κ3) is 7.20. The standard InChI is InChI=1S/C15H24ClN3O5S2/c1-4-19(25(3,21)22)11-5-10-17-15(20)12(2)18-26(23,24)14-8-6-13(16)7-9-14/h6-9,12,18H,4-5,10-11H2,1-3H3,(H,17,20)/t12-/m0/s1. The lowest BCUT2D eigenvalue weighted by atomic mass is 10.3. The first-order valence-electron chi connectivity index (χ1n) is 7.98. The van der Waals surface area contributed by atoms with E-state index in [0.29, 0.717) is 18.0 Å². The molecule has 148 valence electrons. The van der Waals surface area contributed by atoms with Gasteiger partial charge in [0.1, 0.15) is 0 Å². The number of carbonyl (C=O) groups excluding carboxylic acids is 1.